The summed E-state index contributed by atoms with van der Waals surface area (Å²) in [6.07, 6.45) is -1.83. The van der Waals surface area contributed by atoms with Gasteiger partial charge in [-0.25, -0.2) is 17.9 Å². The van der Waals surface area contributed by atoms with E-state index in [1.165, 1.54) is 16.9 Å². The summed E-state index contributed by atoms with van der Waals surface area (Å²) in [5.74, 6) is 0.495. The number of hydrogen-bond acceptors (Lipinski definition) is 5. The van der Waals surface area contributed by atoms with Crippen LogP contribution in [0.1, 0.15) is 18.4 Å². The van der Waals surface area contributed by atoms with Gasteiger partial charge in [-0.05, 0) is 41.3 Å². The number of carbonyl (C=O) groups is 1. The molecule has 1 aliphatic carbocycles. The average molecular weight is 481 g/mol. The standard InChI is InChI=1S/C20H19ClN2O2S2.CH2O3/c1-12-19(13-5-3-2-4-6-13)20(12)23-27(24,25)18-10-9-17(26-18)14-7-8-15(21)16(22)11-14;2-1(3)4/h2-12,19-20,23H,22H2,1H3;(H2,2,3,4)/t12-,19-,20+;/m1./s1. The molecule has 2 aromatic carbocycles. The van der Waals surface area contributed by atoms with Crippen molar-refractivity contribution < 1.29 is 23.4 Å². The highest BCUT2D eigenvalue weighted by atomic mass is 35.5. The highest BCUT2D eigenvalue weighted by molar-refractivity contribution is 7.91. The molecule has 0 saturated heterocycles. The van der Waals surface area contributed by atoms with Crippen molar-refractivity contribution >= 4 is 44.8 Å². The molecule has 10 heteroatoms. The first-order valence-electron chi connectivity index (χ1n) is 9.24. The van der Waals surface area contributed by atoms with Crippen molar-refractivity contribution in [3.05, 3.63) is 71.2 Å². The first-order chi connectivity index (χ1) is 14.6. The molecule has 1 aliphatic rings. The summed E-state index contributed by atoms with van der Waals surface area (Å²) in [5.41, 5.74) is 8.35. The van der Waals surface area contributed by atoms with Crippen LogP contribution in [0.5, 0.6) is 0 Å². The fourth-order valence-electron chi connectivity index (χ4n) is 3.38. The monoisotopic (exact) mass is 480 g/mol. The molecule has 1 fully saturated rings. The van der Waals surface area contributed by atoms with Crippen molar-refractivity contribution in [2.24, 2.45) is 5.92 Å². The Kier molecular flexibility index (Phi) is 6.90. The molecule has 0 amide bonds. The van der Waals surface area contributed by atoms with Gasteiger partial charge in [-0.2, -0.15) is 0 Å². The van der Waals surface area contributed by atoms with Crippen molar-refractivity contribution in [1.29, 1.82) is 0 Å². The Morgan fingerprint density at radius 2 is 1.74 bits per heavy atom. The maximum absolute atomic E-state index is 12.8. The van der Waals surface area contributed by atoms with E-state index in [0.717, 1.165) is 10.4 Å². The van der Waals surface area contributed by atoms with Crippen LogP contribution in [-0.4, -0.2) is 30.8 Å². The van der Waals surface area contributed by atoms with Crippen molar-refractivity contribution in [2.75, 3.05) is 5.73 Å². The number of nitrogens with one attached hydrogen (secondary N) is 1. The SMILES string of the molecule is C[C@H]1[C@H](NS(=O)(=O)c2ccc(-c3ccc(Cl)c(N)c3)s2)[C@H]1c1ccccc1.O=C(O)O. The van der Waals surface area contributed by atoms with E-state index in [9.17, 15) is 8.42 Å². The summed E-state index contributed by atoms with van der Waals surface area (Å²) in [7, 11) is -3.57. The van der Waals surface area contributed by atoms with Crippen LogP contribution < -0.4 is 10.5 Å². The number of nitrogen functional groups attached to an aromatic ring is 1. The van der Waals surface area contributed by atoms with Crippen molar-refractivity contribution in [2.45, 2.75) is 23.1 Å². The van der Waals surface area contributed by atoms with Gasteiger partial charge in [0.15, 0.2) is 0 Å². The largest absolute Gasteiger partial charge is 0.503 e. The van der Waals surface area contributed by atoms with Gasteiger partial charge in [0, 0.05) is 16.8 Å². The van der Waals surface area contributed by atoms with Gasteiger partial charge in [-0.1, -0.05) is 54.9 Å². The fourth-order valence-corrected chi connectivity index (χ4v) is 6.17. The molecule has 31 heavy (non-hydrogen) atoms. The van der Waals surface area contributed by atoms with Crippen LogP contribution in [0.2, 0.25) is 5.02 Å². The number of rotatable bonds is 5. The molecule has 5 N–H and O–H groups in total. The van der Waals surface area contributed by atoms with Gasteiger partial charge in [0.1, 0.15) is 4.21 Å². The maximum atomic E-state index is 12.8. The first kappa shape index (κ1) is 23.1. The predicted molar refractivity (Wildman–Crippen MR) is 122 cm³/mol. The lowest BCUT2D eigenvalue weighted by Gasteiger charge is -2.05. The fraction of sp³-hybridized carbons (Fsp3) is 0.190. The number of halogens is 1. The minimum Gasteiger partial charge on any atom is -0.450 e. The average Bonchev–Trinajstić information content (AvgIpc) is 3.11. The second-order valence-corrected chi connectivity index (χ2v) is 10.5. The predicted octanol–water partition coefficient (Wildman–Crippen LogP) is 4.95. The molecule has 0 bridgehead atoms. The minimum absolute atomic E-state index is 0.0749. The Balaban J connectivity index is 0.000000628. The number of hydrogen-bond donors (Lipinski definition) is 4. The Hall–Kier alpha value is -2.59. The van der Waals surface area contributed by atoms with Gasteiger partial charge in [0.05, 0.1) is 10.7 Å². The third-order valence-electron chi connectivity index (χ3n) is 4.98. The molecular weight excluding hydrogens is 460 g/mol. The van der Waals surface area contributed by atoms with Crippen LogP contribution in [0, 0.1) is 5.92 Å². The number of benzene rings is 2. The molecule has 0 spiro atoms. The van der Waals surface area contributed by atoms with Gasteiger partial charge in [-0.3, -0.25) is 0 Å². The van der Waals surface area contributed by atoms with E-state index < -0.39 is 16.2 Å². The van der Waals surface area contributed by atoms with E-state index in [1.807, 2.05) is 36.4 Å². The normalized spacial score (nSPS) is 19.9. The second kappa shape index (κ2) is 9.27. The molecule has 1 heterocycles. The lowest BCUT2D eigenvalue weighted by molar-refractivity contribution is 0.137. The summed E-state index contributed by atoms with van der Waals surface area (Å²) in [6, 6.07) is 18.7. The molecule has 0 aliphatic heterocycles. The van der Waals surface area contributed by atoms with Crippen molar-refractivity contribution in [1.82, 2.24) is 4.72 Å². The molecule has 1 aromatic heterocycles. The van der Waals surface area contributed by atoms with E-state index in [2.05, 4.69) is 11.6 Å². The zero-order valence-electron chi connectivity index (χ0n) is 16.4. The summed E-state index contributed by atoms with van der Waals surface area (Å²) < 4.78 is 28.8. The first-order valence-corrected chi connectivity index (χ1v) is 11.9. The molecule has 164 valence electrons. The number of nitrogens with two attached hydrogens (primary N) is 1. The smallest absolute Gasteiger partial charge is 0.450 e. The molecule has 3 atom stereocenters. The Morgan fingerprint density at radius 3 is 2.35 bits per heavy atom. The summed E-state index contributed by atoms with van der Waals surface area (Å²) in [4.78, 5) is 9.39. The van der Waals surface area contributed by atoms with E-state index in [0.29, 0.717) is 14.9 Å². The van der Waals surface area contributed by atoms with E-state index in [1.54, 1.807) is 24.3 Å². The number of thiophene rings is 1. The molecule has 0 unspecified atom stereocenters. The van der Waals surface area contributed by atoms with Gasteiger partial charge >= 0.3 is 6.16 Å². The van der Waals surface area contributed by atoms with E-state index in [4.69, 9.17) is 32.3 Å². The van der Waals surface area contributed by atoms with Crippen LogP contribution in [0.25, 0.3) is 10.4 Å². The zero-order valence-corrected chi connectivity index (χ0v) is 18.8. The zero-order chi connectivity index (χ0) is 22.8. The van der Waals surface area contributed by atoms with Crippen LogP contribution in [-0.2, 0) is 10.0 Å². The van der Waals surface area contributed by atoms with Gasteiger partial charge in [0.2, 0.25) is 10.0 Å². The summed E-state index contributed by atoms with van der Waals surface area (Å²) in [5, 5.41) is 14.4. The second-order valence-electron chi connectivity index (χ2n) is 7.08. The van der Waals surface area contributed by atoms with E-state index >= 15 is 0 Å². The number of sulfonamides is 1. The van der Waals surface area contributed by atoms with Crippen LogP contribution in [0.4, 0.5) is 10.5 Å². The van der Waals surface area contributed by atoms with Crippen LogP contribution in [0.15, 0.2) is 64.9 Å². The molecule has 1 saturated carbocycles. The minimum atomic E-state index is -3.57. The molecule has 4 rings (SSSR count). The quantitative estimate of drug-likeness (QED) is 0.382. The maximum Gasteiger partial charge on any atom is 0.503 e. The highest BCUT2D eigenvalue weighted by Crippen LogP contribution is 2.48. The summed E-state index contributed by atoms with van der Waals surface area (Å²) in [6.45, 7) is 2.07. The van der Waals surface area contributed by atoms with Gasteiger partial charge < -0.3 is 15.9 Å². The third kappa shape index (κ3) is 5.56. The lowest BCUT2D eigenvalue weighted by Crippen LogP contribution is -2.27. The topological polar surface area (TPSA) is 130 Å². The lowest BCUT2D eigenvalue weighted by atomic mass is 10.1. The molecular formula is C21H21ClN2O5S2. The van der Waals surface area contributed by atoms with Crippen molar-refractivity contribution in [3.63, 3.8) is 0 Å². The number of anilines is 1. The molecule has 3 aromatic rings. The van der Waals surface area contributed by atoms with Gasteiger partial charge in [-0.15, -0.1) is 11.3 Å². The molecule has 7 nitrogen and oxygen atoms in total. The highest BCUT2D eigenvalue weighted by Gasteiger charge is 2.49. The Bertz CT molecular complexity index is 1180. The van der Waals surface area contributed by atoms with Crippen LogP contribution >= 0.6 is 22.9 Å². The molecule has 0 radical (unpaired) electrons. The Morgan fingerprint density at radius 1 is 1.10 bits per heavy atom. The third-order valence-corrected chi connectivity index (χ3v) is 8.41. The summed E-state index contributed by atoms with van der Waals surface area (Å²) >= 11 is 7.19. The van der Waals surface area contributed by atoms with Gasteiger partial charge in [0.25, 0.3) is 0 Å². The van der Waals surface area contributed by atoms with Crippen LogP contribution in [0.3, 0.4) is 0 Å². The van der Waals surface area contributed by atoms with E-state index in [-0.39, 0.29) is 17.9 Å². The van der Waals surface area contributed by atoms with Crippen molar-refractivity contribution in [3.8, 4) is 10.4 Å². The number of carboxylic acid groups (broad SMARTS) is 2. The Labute approximate surface area is 189 Å².